The molecule has 0 saturated heterocycles. The van der Waals surface area contributed by atoms with Crippen molar-refractivity contribution in [3.63, 3.8) is 0 Å². The largest absolute Gasteiger partial charge is 0.198 e. The zero-order valence-electron chi connectivity index (χ0n) is 8.87. The van der Waals surface area contributed by atoms with Crippen LogP contribution in [-0.2, 0) is 0 Å². The Morgan fingerprint density at radius 1 is 1.29 bits per heavy atom. The quantitative estimate of drug-likeness (QED) is 0.620. The smallest absolute Gasteiger partial charge is 0.0656 e. The molecular formula is C13H18N. The molecule has 0 N–H and O–H groups in total. The van der Waals surface area contributed by atoms with Crippen molar-refractivity contribution in [1.29, 1.82) is 5.26 Å². The average molecular weight is 188 g/mol. The zero-order valence-corrected chi connectivity index (χ0v) is 8.87. The van der Waals surface area contributed by atoms with Crippen LogP contribution >= 0.6 is 0 Å². The van der Waals surface area contributed by atoms with Crippen molar-refractivity contribution < 1.29 is 0 Å². The summed E-state index contributed by atoms with van der Waals surface area (Å²) >= 11 is 0. The SMILES string of the molecule is CC[C]1CC2CC1C1CC(C#N)CC21. The first-order valence-electron chi connectivity index (χ1n) is 6.07. The third-order valence-corrected chi connectivity index (χ3v) is 5.03. The summed E-state index contributed by atoms with van der Waals surface area (Å²) in [5.41, 5.74) is 0. The van der Waals surface area contributed by atoms with E-state index in [-0.39, 0.29) is 0 Å². The van der Waals surface area contributed by atoms with E-state index >= 15 is 0 Å². The van der Waals surface area contributed by atoms with Crippen LogP contribution in [0.25, 0.3) is 0 Å². The Bertz CT molecular complexity index is 275. The van der Waals surface area contributed by atoms with Crippen LogP contribution in [-0.4, -0.2) is 0 Å². The van der Waals surface area contributed by atoms with Gasteiger partial charge in [-0.2, -0.15) is 5.26 Å². The molecule has 3 rings (SSSR count). The van der Waals surface area contributed by atoms with Crippen molar-refractivity contribution in [2.75, 3.05) is 0 Å². The zero-order chi connectivity index (χ0) is 9.71. The number of nitrogens with zero attached hydrogens (tertiary/aromatic N) is 1. The molecule has 1 heteroatoms. The van der Waals surface area contributed by atoms with Gasteiger partial charge in [-0.3, -0.25) is 0 Å². The molecule has 3 saturated carbocycles. The van der Waals surface area contributed by atoms with Crippen molar-refractivity contribution in [2.45, 2.75) is 39.0 Å². The summed E-state index contributed by atoms with van der Waals surface area (Å²) in [5, 5.41) is 8.98. The summed E-state index contributed by atoms with van der Waals surface area (Å²) < 4.78 is 0. The second kappa shape index (κ2) is 2.99. The van der Waals surface area contributed by atoms with E-state index in [4.69, 9.17) is 5.26 Å². The highest BCUT2D eigenvalue weighted by Crippen LogP contribution is 2.63. The average Bonchev–Trinajstić information content (AvgIpc) is 2.87. The lowest BCUT2D eigenvalue weighted by Crippen LogP contribution is -2.22. The van der Waals surface area contributed by atoms with E-state index in [1.54, 1.807) is 0 Å². The van der Waals surface area contributed by atoms with Crippen molar-refractivity contribution in [3.05, 3.63) is 5.92 Å². The summed E-state index contributed by atoms with van der Waals surface area (Å²) in [7, 11) is 0. The Labute approximate surface area is 86.5 Å². The minimum absolute atomic E-state index is 0.395. The number of nitriles is 1. The summed E-state index contributed by atoms with van der Waals surface area (Å²) in [6.07, 6.45) is 6.60. The monoisotopic (exact) mass is 188 g/mol. The van der Waals surface area contributed by atoms with Gasteiger partial charge in [0.1, 0.15) is 0 Å². The maximum atomic E-state index is 8.98. The molecule has 3 aliphatic rings. The molecule has 2 bridgehead atoms. The van der Waals surface area contributed by atoms with E-state index in [0.29, 0.717) is 5.92 Å². The molecule has 0 aromatic heterocycles. The van der Waals surface area contributed by atoms with Crippen LogP contribution in [0.15, 0.2) is 0 Å². The highest BCUT2D eigenvalue weighted by atomic mass is 14.6. The standard InChI is InChI=1S/C13H18N/c1-2-9-5-10-6-12(9)13-4-8(7-14)3-11(10)13/h8,10-13H,2-6H2,1H3. The number of rotatable bonds is 1. The van der Waals surface area contributed by atoms with Crippen molar-refractivity contribution in [3.8, 4) is 6.07 Å². The minimum Gasteiger partial charge on any atom is -0.198 e. The molecule has 1 nitrogen and oxygen atoms in total. The van der Waals surface area contributed by atoms with Crippen LogP contribution in [0.3, 0.4) is 0 Å². The van der Waals surface area contributed by atoms with Gasteiger partial charge in [0.2, 0.25) is 0 Å². The maximum Gasteiger partial charge on any atom is 0.0656 e. The van der Waals surface area contributed by atoms with Crippen LogP contribution in [0, 0.1) is 46.8 Å². The molecule has 5 unspecified atom stereocenters. The van der Waals surface area contributed by atoms with Crippen LogP contribution in [0.5, 0.6) is 0 Å². The van der Waals surface area contributed by atoms with Gasteiger partial charge in [-0.05, 0) is 61.7 Å². The summed E-state index contributed by atoms with van der Waals surface area (Å²) in [6, 6.07) is 2.48. The van der Waals surface area contributed by atoms with Crippen molar-refractivity contribution >= 4 is 0 Å². The van der Waals surface area contributed by atoms with E-state index < -0.39 is 0 Å². The fraction of sp³-hybridized carbons (Fsp3) is 0.846. The molecule has 0 aliphatic heterocycles. The Morgan fingerprint density at radius 2 is 2.07 bits per heavy atom. The van der Waals surface area contributed by atoms with Crippen LogP contribution < -0.4 is 0 Å². The Balaban J connectivity index is 1.79. The molecule has 75 valence electrons. The van der Waals surface area contributed by atoms with Crippen LogP contribution in [0.1, 0.15) is 39.0 Å². The fourth-order valence-corrected chi connectivity index (χ4v) is 4.49. The van der Waals surface area contributed by atoms with Gasteiger partial charge < -0.3 is 0 Å². The van der Waals surface area contributed by atoms with Gasteiger partial charge in [0, 0.05) is 5.92 Å². The van der Waals surface area contributed by atoms with E-state index in [2.05, 4.69) is 13.0 Å². The molecule has 5 atom stereocenters. The first-order chi connectivity index (χ1) is 6.83. The van der Waals surface area contributed by atoms with Crippen molar-refractivity contribution in [2.24, 2.45) is 29.6 Å². The van der Waals surface area contributed by atoms with E-state index in [1.165, 1.54) is 32.1 Å². The third kappa shape index (κ3) is 1.00. The number of fused-ring (bicyclic) bond motifs is 5. The molecule has 0 aromatic carbocycles. The predicted molar refractivity (Wildman–Crippen MR) is 55.1 cm³/mol. The number of hydrogen-bond acceptors (Lipinski definition) is 1. The molecule has 0 aromatic rings. The van der Waals surface area contributed by atoms with Gasteiger partial charge in [-0.25, -0.2) is 0 Å². The second-order valence-electron chi connectivity index (χ2n) is 5.44. The second-order valence-corrected chi connectivity index (χ2v) is 5.44. The summed E-state index contributed by atoms with van der Waals surface area (Å²) in [4.78, 5) is 0. The molecule has 3 fully saturated rings. The molecule has 1 radical (unpaired) electrons. The lowest BCUT2D eigenvalue weighted by Gasteiger charge is -2.30. The third-order valence-electron chi connectivity index (χ3n) is 5.03. The molecule has 0 amide bonds. The lowest BCUT2D eigenvalue weighted by atomic mass is 9.75. The Hall–Kier alpha value is -0.510. The Morgan fingerprint density at radius 3 is 2.79 bits per heavy atom. The lowest BCUT2D eigenvalue weighted by molar-refractivity contribution is 0.273. The molecule has 0 heterocycles. The normalized spacial score (nSPS) is 50.7. The Kier molecular flexibility index (Phi) is 1.87. The predicted octanol–water partition coefficient (Wildman–Crippen LogP) is 3.18. The van der Waals surface area contributed by atoms with Crippen LogP contribution in [0.4, 0.5) is 0 Å². The van der Waals surface area contributed by atoms with Gasteiger partial charge >= 0.3 is 0 Å². The van der Waals surface area contributed by atoms with E-state index in [0.717, 1.165) is 23.7 Å². The molecule has 0 spiro atoms. The van der Waals surface area contributed by atoms with Gasteiger partial charge in [-0.15, -0.1) is 0 Å². The first kappa shape index (κ1) is 8.77. The highest BCUT2D eigenvalue weighted by molar-refractivity contribution is 5.17. The van der Waals surface area contributed by atoms with Crippen LogP contribution in [0.2, 0.25) is 0 Å². The summed E-state index contributed by atoms with van der Waals surface area (Å²) in [5.74, 6) is 5.96. The van der Waals surface area contributed by atoms with E-state index in [1.807, 2.05) is 5.92 Å². The van der Waals surface area contributed by atoms with Gasteiger partial charge in [0.05, 0.1) is 6.07 Å². The first-order valence-corrected chi connectivity index (χ1v) is 6.07. The van der Waals surface area contributed by atoms with Gasteiger partial charge in [0.15, 0.2) is 0 Å². The number of hydrogen-bond donors (Lipinski definition) is 0. The fourth-order valence-electron chi connectivity index (χ4n) is 4.49. The van der Waals surface area contributed by atoms with E-state index in [9.17, 15) is 0 Å². The topological polar surface area (TPSA) is 23.8 Å². The minimum atomic E-state index is 0.395. The summed E-state index contributed by atoms with van der Waals surface area (Å²) in [6.45, 7) is 2.31. The maximum absolute atomic E-state index is 8.98. The highest BCUT2D eigenvalue weighted by Gasteiger charge is 2.55. The molecule has 3 aliphatic carbocycles. The van der Waals surface area contributed by atoms with Gasteiger partial charge in [0.25, 0.3) is 0 Å². The molecule has 14 heavy (non-hydrogen) atoms. The van der Waals surface area contributed by atoms with Gasteiger partial charge in [-0.1, -0.05) is 6.92 Å². The molecular weight excluding hydrogens is 170 g/mol. The van der Waals surface area contributed by atoms with Crippen molar-refractivity contribution in [1.82, 2.24) is 0 Å².